The van der Waals surface area contributed by atoms with Gasteiger partial charge in [0.1, 0.15) is 11.5 Å². The average Bonchev–Trinajstić information content (AvgIpc) is 3.03. The first-order valence-corrected chi connectivity index (χ1v) is 7.74. The van der Waals surface area contributed by atoms with Gasteiger partial charge in [-0.1, -0.05) is 24.4 Å². The molecule has 0 spiro atoms. The van der Waals surface area contributed by atoms with Gasteiger partial charge in [0.25, 0.3) is 5.91 Å². The molecule has 6 heteroatoms. The molecule has 22 heavy (non-hydrogen) atoms. The number of rotatable bonds is 4. The van der Waals surface area contributed by atoms with Gasteiger partial charge in [-0.15, -0.1) is 0 Å². The van der Waals surface area contributed by atoms with E-state index in [1.165, 1.54) is 31.9 Å². The molecule has 1 heterocycles. The molecule has 0 unspecified atom stereocenters. The van der Waals surface area contributed by atoms with Crippen LogP contribution in [0.3, 0.4) is 0 Å². The van der Waals surface area contributed by atoms with E-state index in [0.29, 0.717) is 16.8 Å². The van der Waals surface area contributed by atoms with Crippen LogP contribution in [0.25, 0.3) is 0 Å². The molecule has 1 aliphatic carbocycles. The van der Waals surface area contributed by atoms with Gasteiger partial charge in [-0.3, -0.25) is 4.79 Å². The van der Waals surface area contributed by atoms with Crippen LogP contribution in [0.5, 0.6) is 0 Å². The number of hydrogen-bond acceptors (Lipinski definition) is 4. The molecule has 0 radical (unpaired) electrons. The van der Waals surface area contributed by atoms with Crippen molar-refractivity contribution in [3.05, 3.63) is 47.4 Å². The predicted octanol–water partition coefficient (Wildman–Crippen LogP) is 3.74. The van der Waals surface area contributed by atoms with Crippen molar-refractivity contribution in [2.45, 2.75) is 31.7 Å². The van der Waals surface area contributed by atoms with Crippen molar-refractivity contribution in [1.29, 1.82) is 0 Å². The Bertz CT molecular complexity index is 636. The largest absolute Gasteiger partial charge is 0.366 e. The molecule has 3 rings (SSSR count). The maximum atomic E-state index is 12.1. The molecule has 1 aliphatic rings. The number of halogens is 1. The Morgan fingerprint density at radius 3 is 2.45 bits per heavy atom. The maximum absolute atomic E-state index is 12.1. The van der Waals surface area contributed by atoms with Crippen LogP contribution in [-0.4, -0.2) is 21.9 Å². The first-order valence-electron chi connectivity index (χ1n) is 7.36. The third kappa shape index (κ3) is 3.74. The summed E-state index contributed by atoms with van der Waals surface area (Å²) in [6, 6.07) is 7.39. The monoisotopic (exact) mass is 316 g/mol. The van der Waals surface area contributed by atoms with Crippen LogP contribution in [0, 0.1) is 0 Å². The van der Waals surface area contributed by atoms with Gasteiger partial charge in [0.2, 0.25) is 0 Å². The number of nitrogens with zero attached hydrogens (tertiary/aromatic N) is 2. The average molecular weight is 317 g/mol. The van der Waals surface area contributed by atoms with Crippen LogP contribution in [0.15, 0.2) is 36.7 Å². The highest BCUT2D eigenvalue weighted by Gasteiger charge is 2.15. The van der Waals surface area contributed by atoms with E-state index in [1.807, 2.05) is 0 Å². The molecule has 0 saturated heterocycles. The summed E-state index contributed by atoms with van der Waals surface area (Å²) in [4.78, 5) is 20.5. The maximum Gasteiger partial charge on any atom is 0.275 e. The second-order valence-electron chi connectivity index (χ2n) is 5.37. The van der Waals surface area contributed by atoms with Crippen LogP contribution in [0.1, 0.15) is 36.2 Å². The lowest BCUT2D eigenvalue weighted by Gasteiger charge is -2.12. The third-order valence-electron chi connectivity index (χ3n) is 3.69. The Hall–Kier alpha value is -2.14. The van der Waals surface area contributed by atoms with Crippen molar-refractivity contribution in [1.82, 2.24) is 9.97 Å². The first-order chi connectivity index (χ1) is 10.7. The highest BCUT2D eigenvalue weighted by atomic mass is 35.5. The van der Waals surface area contributed by atoms with Crippen molar-refractivity contribution in [3.8, 4) is 0 Å². The second kappa shape index (κ2) is 6.75. The molecule has 5 nitrogen and oxygen atoms in total. The summed E-state index contributed by atoms with van der Waals surface area (Å²) in [5.74, 6) is 0.428. The van der Waals surface area contributed by atoms with Crippen molar-refractivity contribution in [3.63, 3.8) is 0 Å². The summed E-state index contributed by atoms with van der Waals surface area (Å²) < 4.78 is 0. The van der Waals surface area contributed by atoms with E-state index in [0.717, 1.165) is 5.82 Å². The predicted molar refractivity (Wildman–Crippen MR) is 87.3 cm³/mol. The fourth-order valence-corrected chi connectivity index (χ4v) is 2.65. The van der Waals surface area contributed by atoms with Crippen LogP contribution in [0.4, 0.5) is 11.5 Å². The van der Waals surface area contributed by atoms with Gasteiger partial charge in [0, 0.05) is 16.8 Å². The Balaban J connectivity index is 1.61. The highest BCUT2D eigenvalue weighted by molar-refractivity contribution is 6.30. The molecule has 2 N–H and O–H groups in total. The van der Waals surface area contributed by atoms with Gasteiger partial charge < -0.3 is 10.6 Å². The standard InChI is InChI=1S/C16H17ClN4O/c17-11-5-7-13(8-6-11)21-16(22)14-9-19-15(10-18-14)20-12-3-1-2-4-12/h5-10,12H,1-4H2,(H,19,20)(H,21,22). The van der Waals surface area contributed by atoms with E-state index < -0.39 is 0 Å². The minimum atomic E-state index is -0.290. The van der Waals surface area contributed by atoms with Crippen LogP contribution >= 0.6 is 11.6 Å². The Kier molecular flexibility index (Phi) is 4.53. The minimum absolute atomic E-state index is 0.284. The molecule has 114 valence electrons. The number of nitrogens with one attached hydrogen (secondary N) is 2. The van der Waals surface area contributed by atoms with Crippen LogP contribution < -0.4 is 10.6 Å². The van der Waals surface area contributed by atoms with E-state index in [2.05, 4.69) is 20.6 Å². The third-order valence-corrected chi connectivity index (χ3v) is 3.95. The second-order valence-corrected chi connectivity index (χ2v) is 5.81. The molecule has 1 aromatic heterocycles. The Morgan fingerprint density at radius 1 is 1.09 bits per heavy atom. The first kappa shape index (κ1) is 14.8. The van der Waals surface area contributed by atoms with Gasteiger partial charge in [-0.05, 0) is 37.1 Å². The molecule has 2 aromatic rings. The fourth-order valence-electron chi connectivity index (χ4n) is 2.53. The fraction of sp³-hybridized carbons (Fsp3) is 0.312. The molecule has 1 amide bonds. The topological polar surface area (TPSA) is 66.9 Å². The molecular weight excluding hydrogens is 300 g/mol. The summed E-state index contributed by atoms with van der Waals surface area (Å²) in [6.45, 7) is 0. The SMILES string of the molecule is O=C(Nc1ccc(Cl)cc1)c1cnc(NC2CCCC2)cn1. The molecule has 0 atom stereocenters. The lowest BCUT2D eigenvalue weighted by atomic mass is 10.2. The summed E-state index contributed by atoms with van der Waals surface area (Å²) in [5.41, 5.74) is 0.955. The number of anilines is 2. The van der Waals surface area contributed by atoms with E-state index in [1.54, 1.807) is 30.5 Å². The minimum Gasteiger partial charge on any atom is -0.366 e. The summed E-state index contributed by atoms with van der Waals surface area (Å²) in [6.07, 6.45) is 7.94. The van der Waals surface area contributed by atoms with Gasteiger partial charge in [-0.25, -0.2) is 9.97 Å². The zero-order chi connectivity index (χ0) is 15.4. The molecule has 0 bridgehead atoms. The van der Waals surface area contributed by atoms with Crippen LogP contribution in [0.2, 0.25) is 5.02 Å². The number of carbonyl (C=O) groups is 1. The lowest BCUT2D eigenvalue weighted by Crippen LogP contribution is -2.17. The summed E-state index contributed by atoms with van der Waals surface area (Å²) in [5, 5.41) is 6.73. The van der Waals surface area contributed by atoms with Gasteiger partial charge in [0.05, 0.1) is 12.4 Å². The molecular formula is C16H17ClN4O. The smallest absolute Gasteiger partial charge is 0.275 e. The number of carbonyl (C=O) groups excluding carboxylic acids is 1. The zero-order valence-corrected chi connectivity index (χ0v) is 12.8. The highest BCUT2D eigenvalue weighted by Crippen LogP contribution is 2.21. The van der Waals surface area contributed by atoms with Gasteiger partial charge >= 0.3 is 0 Å². The molecule has 1 saturated carbocycles. The van der Waals surface area contributed by atoms with Gasteiger partial charge in [0.15, 0.2) is 0 Å². The summed E-state index contributed by atoms with van der Waals surface area (Å²) in [7, 11) is 0. The Morgan fingerprint density at radius 2 is 1.82 bits per heavy atom. The Labute approximate surface area is 134 Å². The molecule has 1 aromatic carbocycles. The normalized spacial score (nSPS) is 14.8. The van der Waals surface area contributed by atoms with Crippen molar-refractivity contribution >= 4 is 29.0 Å². The van der Waals surface area contributed by atoms with Crippen molar-refractivity contribution in [2.75, 3.05) is 10.6 Å². The number of benzene rings is 1. The number of aromatic nitrogens is 2. The number of hydrogen-bond donors (Lipinski definition) is 2. The summed E-state index contributed by atoms with van der Waals surface area (Å²) >= 11 is 5.81. The van der Waals surface area contributed by atoms with E-state index in [4.69, 9.17) is 11.6 Å². The molecule has 0 aliphatic heterocycles. The van der Waals surface area contributed by atoms with Crippen LogP contribution in [-0.2, 0) is 0 Å². The lowest BCUT2D eigenvalue weighted by molar-refractivity contribution is 0.102. The van der Waals surface area contributed by atoms with E-state index in [-0.39, 0.29) is 11.6 Å². The molecule has 1 fully saturated rings. The number of amides is 1. The van der Waals surface area contributed by atoms with E-state index in [9.17, 15) is 4.79 Å². The van der Waals surface area contributed by atoms with Gasteiger partial charge in [-0.2, -0.15) is 0 Å². The van der Waals surface area contributed by atoms with E-state index >= 15 is 0 Å². The zero-order valence-electron chi connectivity index (χ0n) is 12.1. The quantitative estimate of drug-likeness (QED) is 0.901. The van der Waals surface area contributed by atoms with Crippen molar-refractivity contribution in [2.24, 2.45) is 0 Å². The van der Waals surface area contributed by atoms with Crippen molar-refractivity contribution < 1.29 is 4.79 Å².